The highest BCUT2D eigenvalue weighted by atomic mass is 35.5. The maximum atomic E-state index is 8.53. The Kier molecular flexibility index (Phi) is 6.50. The number of aromatic nitrogens is 2. The lowest BCUT2D eigenvalue weighted by atomic mass is 10.3. The Bertz CT molecular complexity index is 342. The monoisotopic (exact) mass is 261 g/mol. The third kappa shape index (κ3) is 4.27. The second-order valence-corrected chi connectivity index (χ2v) is 4.05. The average molecular weight is 262 g/mol. The largest absolute Gasteiger partial charge is 0.394 e. The first-order valence-electron chi connectivity index (χ1n) is 5.81. The summed E-state index contributed by atoms with van der Waals surface area (Å²) in [4.78, 5) is 0. The van der Waals surface area contributed by atoms with Crippen molar-refractivity contribution in [2.75, 3.05) is 26.4 Å². The molecule has 0 aliphatic heterocycles. The van der Waals surface area contributed by atoms with Gasteiger partial charge in [0.15, 0.2) is 0 Å². The summed E-state index contributed by atoms with van der Waals surface area (Å²) in [5.41, 5.74) is 1.87. The molecule has 0 unspecified atom stereocenters. The number of nitrogens with one attached hydrogen (secondary N) is 1. The van der Waals surface area contributed by atoms with Gasteiger partial charge in [0.1, 0.15) is 0 Å². The van der Waals surface area contributed by atoms with Crippen LogP contribution in [0, 0.1) is 6.92 Å². The maximum Gasteiger partial charge on any atom is 0.0860 e. The molecule has 1 aromatic heterocycles. The van der Waals surface area contributed by atoms with Crippen molar-refractivity contribution in [2.24, 2.45) is 0 Å². The Hall–Kier alpha value is -0.620. The van der Waals surface area contributed by atoms with Gasteiger partial charge in [-0.3, -0.25) is 4.68 Å². The van der Waals surface area contributed by atoms with E-state index >= 15 is 0 Å². The van der Waals surface area contributed by atoms with Crippen molar-refractivity contribution in [1.29, 1.82) is 0 Å². The smallest absolute Gasteiger partial charge is 0.0860 e. The Labute approximate surface area is 107 Å². The average Bonchev–Trinajstić information content (AvgIpc) is 2.60. The normalized spacial score (nSPS) is 11.1. The molecule has 0 aromatic carbocycles. The predicted molar refractivity (Wildman–Crippen MR) is 67.3 cm³/mol. The van der Waals surface area contributed by atoms with E-state index in [2.05, 4.69) is 10.4 Å². The van der Waals surface area contributed by atoms with Gasteiger partial charge < -0.3 is 15.2 Å². The first kappa shape index (κ1) is 14.4. The zero-order chi connectivity index (χ0) is 12.7. The number of hydrogen-bond donors (Lipinski definition) is 2. The summed E-state index contributed by atoms with van der Waals surface area (Å²) in [6, 6.07) is 0. The molecule has 1 rings (SSSR count). The van der Waals surface area contributed by atoms with Crippen LogP contribution in [-0.2, 0) is 17.8 Å². The number of aliphatic hydroxyl groups is 1. The number of ether oxygens (including phenoxy) is 1. The van der Waals surface area contributed by atoms with Crippen LogP contribution in [0.15, 0.2) is 0 Å². The summed E-state index contributed by atoms with van der Waals surface area (Å²) in [6.45, 7) is 7.18. The molecule has 1 aromatic rings. The molecule has 0 spiro atoms. The summed E-state index contributed by atoms with van der Waals surface area (Å²) >= 11 is 6.17. The van der Waals surface area contributed by atoms with Crippen LogP contribution in [0.25, 0.3) is 0 Å². The number of rotatable bonds is 8. The van der Waals surface area contributed by atoms with Crippen LogP contribution in [-0.4, -0.2) is 41.3 Å². The van der Waals surface area contributed by atoms with E-state index in [1.165, 1.54) is 0 Å². The molecule has 0 fully saturated rings. The molecule has 6 heteroatoms. The van der Waals surface area contributed by atoms with Crippen LogP contribution in [0.2, 0.25) is 5.02 Å². The highest BCUT2D eigenvalue weighted by Crippen LogP contribution is 2.19. The van der Waals surface area contributed by atoms with Crippen molar-refractivity contribution < 1.29 is 9.84 Å². The second-order valence-electron chi connectivity index (χ2n) is 3.67. The molecule has 0 radical (unpaired) electrons. The lowest BCUT2D eigenvalue weighted by molar-refractivity contribution is 0.0937. The molecule has 5 nitrogen and oxygen atoms in total. The lowest BCUT2D eigenvalue weighted by Crippen LogP contribution is -2.22. The number of hydrogen-bond acceptors (Lipinski definition) is 4. The zero-order valence-corrected chi connectivity index (χ0v) is 11.1. The van der Waals surface area contributed by atoms with Gasteiger partial charge in [0, 0.05) is 19.6 Å². The Morgan fingerprint density at radius 1 is 1.47 bits per heavy atom. The molecular weight excluding hydrogens is 242 g/mol. The van der Waals surface area contributed by atoms with Gasteiger partial charge in [0.2, 0.25) is 0 Å². The summed E-state index contributed by atoms with van der Waals surface area (Å²) < 4.78 is 7.05. The van der Waals surface area contributed by atoms with Crippen LogP contribution >= 0.6 is 11.6 Å². The minimum absolute atomic E-state index is 0.0631. The molecule has 2 N–H and O–H groups in total. The molecule has 0 atom stereocenters. The van der Waals surface area contributed by atoms with Gasteiger partial charge in [-0.1, -0.05) is 11.6 Å². The van der Waals surface area contributed by atoms with E-state index in [0.29, 0.717) is 19.8 Å². The van der Waals surface area contributed by atoms with Gasteiger partial charge in [-0.25, -0.2) is 0 Å². The zero-order valence-electron chi connectivity index (χ0n) is 10.4. The molecule has 17 heavy (non-hydrogen) atoms. The van der Waals surface area contributed by atoms with Crippen LogP contribution in [0.5, 0.6) is 0 Å². The third-order valence-corrected chi connectivity index (χ3v) is 2.90. The molecule has 0 bridgehead atoms. The summed E-state index contributed by atoms with van der Waals surface area (Å²) in [5.74, 6) is 0. The fourth-order valence-electron chi connectivity index (χ4n) is 1.56. The van der Waals surface area contributed by atoms with E-state index < -0.39 is 0 Å². The van der Waals surface area contributed by atoms with Crippen LogP contribution in [0.1, 0.15) is 18.3 Å². The van der Waals surface area contributed by atoms with E-state index in [1.807, 2.05) is 18.5 Å². The van der Waals surface area contributed by atoms with Gasteiger partial charge in [0.05, 0.1) is 36.2 Å². The summed E-state index contributed by atoms with van der Waals surface area (Å²) in [7, 11) is 0. The topological polar surface area (TPSA) is 59.3 Å². The first-order valence-corrected chi connectivity index (χ1v) is 6.19. The molecular formula is C11H20ClN3O2. The first-order chi connectivity index (χ1) is 8.20. The fraction of sp³-hybridized carbons (Fsp3) is 0.727. The van der Waals surface area contributed by atoms with E-state index in [-0.39, 0.29) is 6.61 Å². The number of nitrogens with zero attached hydrogens (tertiary/aromatic N) is 2. The van der Waals surface area contributed by atoms with E-state index in [1.54, 1.807) is 0 Å². The van der Waals surface area contributed by atoms with Crippen molar-refractivity contribution in [3.05, 3.63) is 16.4 Å². The Morgan fingerprint density at radius 3 is 2.88 bits per heavy atom. The lowest BCUT2D eigenvalue weighted by Gasteiger charge is -2.07. The van der Waals surface area contributed by atoms with Crippen molar-refractivity contribution in [1.82, 2.24) is 15.1 Å². The predicted octanol–water partition coefficient (Wildman–Crippen LogP) is 0.963. The van der Waals surface area contributed by atoms with Crippen molar-refractivity contribution in [3.8, 4) is 0 Å². The maximum absolute atomic E-state index is 8.53. The minimum Gasteiger partial charge on any atom is -0.394 e. The fourth-order valence-corrected chi connectivity index (χ4v) is 1.76. The van der Waals surface area contributed by atoms with Gasteiger partial charge in [-0.05, 0) is 13.8 Å². The number of halogens is 1. The van der Waals surface area contributed by atoms with E-state index in [4.69, 9.17) is 21.4 Å². The standard InChI is InChI=1S/C11H20ClN3O2/c1-3-15-10(11(12)9(2)14-15)8-13-4-6-17-7-5-16/h13,16H,3-8H2,1-2H3. The third-order valence-electron chi connectivity index (χ3n) is 2.40. The Morgan fingerprint density at radius 2 is 2.24 bits per heavy atom. The van der Waals surface area contributed by atoms with Crippen molar-refractivity contribution >= 4 is 11.6 Å². The highest BCUT2D eigenvalue weighted by molar-refractivity contribution is 6.31. The molecule has 0 amide bonds. The summed E-state index contributed by atoms with van der Waals surface area (Å²) in [6.07, 6.45) is 0. The molecule has 0 aliphatic rings. The molecule has 0 aliphatic carbocycles. The molecule has 0 saturated carbocycles. The van der Waals surface area contributed by atoms with Crippen LogP contribution in [0.4, 0.5) is 0 Å². The van der Waals surface area contributed by atoms with Crippen LogP contribution < -0.4 is 5.32 Å². The van der Waals surface area contributed by atoms with Gasteiger partial charge in [0.25, 0.3) is 0 Å². The SMILES string of the molecule is CCn1nc(C)c(Cl)c1CNCCOCCO. The van der Waals surface area contributed by atoms with Crippen molar-refractivity contribution in [2.45, 2.75) is 26.9 Å². The minimum atomic E-state index is 0.0631. The van der Waals surface area contributed by atoms with Gasteiger partial charge in [-0.2, -0.15) is 5.10 Å². The van der Waals surface area contributed by atoms with Gasteiger partial charge >= 0.3 is 0 Å². The molecule has 1 heterocycles. The van der Waals surface area contributed by atoms with E-state index in [9.17, 15) is 0 Å². The second kappa shape index (κ2) is 7.66. The number of aliphatic hydroxyl groups excluding tert-OH is 1. The summed E-state index contributed by atoms with van der Waals surface area (Å²) in [5, 5.41) is 16.8. The van der Waals surface area contributed by atoms with Crippen LogP contribution in [0.3, 0.4) is 0 Å². The van der Waals surface area contributed by atoms with E-state index in [0.717, 1.165) is 29.5 Å². The molecule has 98 valence electrons. The Balaban J connectivity index is 2.35. The quantitative estimate of drug-likeness (QED) is 0.685. The molecule has 0 saturated heterocycles. The highest BCUT2D eigenvalue weighted by Gasteiger charge is 2.11. The van der Waals surface area contributed by atoms with Crippen molar-refractivity contribution in [3.63, 3.8) is 0 Å². The number of aryl methyl sites for hydroxylation is 2. The van der Waals surface area contributed by atoms with Gasteiger partial charge in [-0.15, -0.1) is 0 Å².